The van der Waals surface area contributed by atoms with Gasteiger partial charge in [0.15, 0.2) is 11.5 Å². The van der Waals surface area contributed by atoms with Crippen LogP contribution in [0.1, 0.15) is 6.42 Å². The van der Waals surface area contributed by atoms with Crippen LogP contribution < -0.4 is 13.8 Å². The van der Waals surface area contributed by atoms with Gasteiger partial charge in [-0.15, -0.1) is 0 Å². The Morgan fingerprint density at radius 3 is 2.00 bits per heavy atom. The highest BCUT2D eigenvalue weighted by Crippen LogP contribution is 2.48. The molecule has 4 rings (SSSR count). The Hall–Kier alpha value is -3.03. The molecule has 1 aliphatic heterocycles. The van der Waals surface area contributed by atoms with Crippen LogP contribution in [0.4, 0.5) is 11.4 Å². The predicted molar refractivity (Wildman–Crippen MR) is 117 cm³/mol. The lowest BCUT2D eigenvalue weighted by atomic mass is 10.2. The molecule has 0 saturated heterocycles. The summed E-state index contributed by atoms with van der Waals surface area (Å²) in [6.45, 7) is 1.51. The standard InChI is InChI=1S/C23H24N2O4S/c1-24(2)16-7-17-28-18-12-14-19(15-13-18)30(26,27)25-20-8-3-5-10-22(20)29-23-11-6-4-9-21(23)25/h3-6,8-15H,7,16-17H2,1-2H3. The molecule has 0 unspecified atom stereocenters. The van der Waals surface area contributed by atoms with E-state index in [4.69, 9.17) is 9.47 Å². The quantitative estimate of drug-likeness (QED) is 0.517. The van der Waals surface area contributed by atoms with E-state index in [0.29, 0.717) is 35.2 Å². The van der Waals surface area contributed by atoms with Gasteiger partial charge < -0.3 is 14.4 Å². The van der Waals surface area contributed by atoms with Crippen LogP contribution in [-0.2, 0) is 10.0 Å². The topological polar surface area (TPSA) is 59.1 Å². The van der Waals surface area contributed by atoms with Gasteiger partial charge in [-0.25, -0.2) is 12.7 Å². The van der Waals surface area contributed by atoms with Gasteiger partial charge in [0, 0.05) is 6.54 Å². The van der Waals surface area contributed by atoms with Gasteiger partial charge in [-0.3, -0.25) is 0 Å². The van der Waals surface area contributed by atoms with Gasteiger partial charge >= 0.3 is 0 Å². The number of hydrogen-bond acceptors (Lipinski definition) is 5. The molecule has 30 heavy (non-hydrogen) atoms. The van der Waals surface area contributed by atoms with Crippen molar-refractivity contribution < 1.29 is 17.9 Å². The van der Waals surface area contributed by atoms with E-state index in [0.717, 1.165) is 13.0 Å². The summed E-state index contributed by atoms with van der Waals surface area (Å²) in [5.41, 5.74) is 0.973. The SMILES string of the molecule is CN(C)CCCOc1ccc(S(=O)(=O)N2c3ccccc3Oc3ccccc32)cc1. The van der Waals surface area contributed by atoms with Gasteiger partial charge in [0.25, 0.3) is 10.0 Å². The van der Waals surface area contributed by atoms with Gasteiger partial charge in [-0.05, 0) is 69.0 Å². The number of ether oxygens (including phenoxy) is 2. The second kappa shape index (κ2) is 8.38. The Kier molecular flexibility index (Phi) is 5.65. The van der Waals surface area contributed by atoms with Crippen molar-refractivity contribution in [3.8, 4) is 17.2 Å². The largest absolute Gasteiger partial charge is 0.494 e. The smallest absolute Gasteiger partial charge is 0.268 e. The van der Waals surface area contributed by atoms with Crippen molar-refractivity contribution >= 4 is 21.4 Å². The minimum Gasteiger partial charge on any atom is -0.494 e. The molecule has 156 valence electrons. The molecule has 3 aromatic rings. The summed E-state index contributed by atoms with van der Waals surface area (Å²) < 4.78 is 40.1. The number of benzene rings is 3. The van der Waals surface area contributed by atoms with E-state index in [1.807, 2.05) is 26.2 Å². The van der Waals surface area contributed by atoms with E-state index in [1.165, 1.54) is 4.31 Å². The van der Waals surface area contributed by atoms with Gasteiger partial charge in [0.1, 0.15) is 17.1 Å². The highest BCUT2D eigenvalue weighted by Gasteiger charge is 2.34. The normalized spacial score (nSPS) is 12.8. The van der Waals surface area contributed by atoms with E-state index in [9.17, 15) is 8.42 Å². The Labute approximate surface area is 177 Å². The Morgan fingerprint density at radius 1 is 0.867 bits per heavy atom. The fourth-order valence-corrected chi connectivity index (χ4v) is 4.82. The predicted octanol–water partition coefficient (Wildman–Crippen LogP) is 4.65. The lowest BCUT2D eigenvalue weighted by Crippen LogP contribution is -2.28. The first kappa shape index (κ1) is 20.3. The summed E-state index contributed by atoms with van der Waals surface area (Å²) in [4.78, 5) is 2.28. The van der Waals surface area contributed by atoms with Crippen molar-refractivity contribution in [1.29, 1.82) is 0 Å². The summed E-state index contributed by atoms with van der Waals surface area (Å²) in [6.07, 6.45) is 0.897. The zero-order valence-corrected chi connectivity index (χ0v) is 17.8. The van der Waals surface area contributed by atoms with Crippen LogP contribution in [0.5, 0.6) is 17.2 Å². The molecule has 0 aliphatic carbocycles. The van der Waals surface area contributed by atoms with Crippen molar-refractivity contribution in [2.24, 2.45) is 0 Å². The van der Waals surface area contributed by atoms with Crippen molar-refractivity contribution in [3.63, 3.8) is 0 Å². The molecule has 0 aromatic heterocycles. The van der Waals surface area contributed by atoms with Crippen LogP contribution in [0.2, 0.25) is 0 Å². The van der Waals surface area contributed by atoms with Crippen LogP contribution in [0.25, 0.3) is 0 Å². The van der Waals surface area contributed by atoms with Crippen LogP contribution in [0, 0.1) is 0 Å². The average molecular weight is 425 g/mol. The molecule has 1 aliphatic rings. The third kappa shape index (κ3) is 3.99. The molecule has 0 atom stereocenters. The highest BCUT2D eigenvalue weighted by atomic mass is 32.2. The summed E-state index contributed by atoms with van der Waals surface area (Å²) in [5.74, 6) is 1.65. The number of anilines is 2. The Balaban J connectivity index is 1.63. The van der Waals surface area contributed by atoms with Crippen LogP contribution in [-0.4, -0.2) is 40.6 Å². The first-order chi connectivity index (χ1) is 14.5. The number of rotatable bonds is 7. The van der Waals surface area contributed by atoms with Crippen molar-refractivity contribution in [2.75, 3.05) is 31.6 Å². The molecule has 1 heterocycles. The minimum atomic E-state index is -3.85. The third-order valence-corrected chi connectivity index (χ3v) is 6.51. The van der Waals surface area contributed by atoms with E-state index >= 15 is 0 Å². The zero-order chi connectivity index (χ0) is 21.1. The third-order valence-electron chi connectivity index (χ3n) is 4.77. The maximum absolute atomic E-state index is 13.6. The zero-order valence-electron chi connectivity index (χ0n) is 17.0. The molecule has 0 N–H and O–H groups in total. The maximum atomic E-state index is 13.6. The van der Waals surface area contributed by atoms with Crippen molar-refractivity contribution in [2.45, 2.75) is 11.3 Å². The minimum absolute atomic E-state index is 0.189. The molecule has 0 saturated carbocycles. The summed E-state index contributed by atoms with van der Waals surface area (Å²) in [5, 5.41) is 0. The number of fused-ring (bicyclic) bond motifs is 2. The second-order valence-electron chi connectivity index (χ2n) is 7.28. The van der Waals surface area contributed by atoms with E-state index in [-0.39, 0.29) is 4.90 Å². The lowest BCUT2D eigenvalue weighted by Gasteiger charge is -2.31. The van der Waals surface area contributed by atoms with Crippen LogP contribution >= 0.6 is 0 Å². The lowest BCUT2D eigenvalue weighted by molar-refractivity contribution is 0.281. The Morgan fingerprint density at radius 2 is 1.43 bits per heavy atom. The van der Waals surface area contributed by atoms with Crippen molar-refractivity contribution in [3.05, 3.63) is 72.8 Å². The molecule has 0 bridgehead atoms. The van der Waals surface area contributed by atoms with Crippen LogP contribution in [0.3, 0.4) is 0 Å². The van der Waals surface area contributed by atoms with Crippen LogP contribution in [0.15, 0.2) is 77.7 Å². The number of hydrogen-bond donors (Lipinski definition) is 0. The maximum Gasteiger partial charge on any atom is 0.268 e. The van der Waals surface area contributed by atoms with E-state index in [1.54, 1.807) is 60.7 Å². The molecule has 7 heteroatoms. The molecular weight excluding hydrogens is 400 g/mol. The number of sulfonamides is 1. The molecule has 6 nitrogen and oxygen atoms in total. The molecule has 0 fully saturated rings. The second-order valence-corrected chi connectivity index (χ2v) is 9.07. The molecule has 3 aromatic carbocycles. The van der Waals surface area contributed by atoms with Gasteiger partial charge in [-0.2, -0.15) is 0 Å². The fraction of sp³-hybridized carbons (Fsp3) is 0.217. The number of nitrogens with zero attached hydrogens (tertiary/aromatic N) is 2. The summed E-state index contributed by atoms with van der Waals surface area (Å²) >= 11 is 0. The van der Waals surface area contributed by atoms with Crippen molar-refractivity contribution in [1.82, 2.24) is 4.90 Å². The monoisotopic (exact) mass is 424 g/mol. The summed E-state index contributed by atoms with van der Waals surface area (Å²) in [6, 6.07) is 20.8. The first-order valence-electron chi connectivity index (χ1n) is 9.76. The van der Waals surface area contributed by atoms with Gasteiger partial charge in [0.05, 0.1) is 11.5 Å². The number of para-hydroxylation sites is 4. The summed E-state index contributed by atoms with van der Waals surface area (Å²) in [7, 11) is 0.180. The van der Waals surface area contributed by atoms with E-state index in [2.05, 4.69) is 4.90 Å². The fourth-order valence-electron chi connectivity index (χ4n) is 3.31. The van der Waals surface area contributed by atoms with Gasteiger partial charge in [-0.1, -0.05) is 24.3 Å². The molecule has 0 radical (unpaired) electrons. The first-order valence-corrected chi connectivity index (χ1v) is 11.2. The molecule has 0 spiro atoms. The Bertz CT molecular complexity index is 1080. The molecule has 0 amide bonds. The molecular formula is C23H24N2O4S. The highest BCUT2D eigenvalue weighted by molar-refractivity contribution is 7.93. The van der Waals surface area contributed by atoms with E-state index < -0.39 is 10.0 Å². The van der Waals surface area contributed by atoms with Gasteiger partial charge in [0.2, 0.25) is 0 Å². The average Bonchev–Trinajstić information content (AvgIpc) is 2.75.